The van der Waals surface area contributed by atoms with Gasteiger partial charge in [-0.2, -0.15) is 0 Å². The highest BCUT2D eigenvalue weighted by atomic mass is 35.5. The number of likely N-dealkylation sites (tertiary alicyclic amines) is 1. The fourth-order valence-electron chi connectivity index (χ4n) is 3.36. The Labute approximate surface area is 164 Å². The first kappa shape index (κ1) is 19.2. The van der Waals surface area contributed by atoms with Crippen LogP contribution in [0.5, 0.6) is 0 Å². The number of halogens is 2. The van der Waals surface area contributed by atoms with Gasteiger partial charge in [-0.05, 0) is 55.3 Å². The first-order chi connectivity index (χ1) is 12.5. The first-order valence-electron chi connectivity index (χ1n) is 8.86. The van der Waals surface area contributed by atoms with Crippen molar-refractivity contribution in [2.24, 2.45) is 0 Å². The molecule has 0 bridgehead atoms. The molecule has 2 aromatic rings. The molecule has 3 rings (SSSR count). The summed E-state index contributed by atoms with van der Waals surface area (Å²) in [6, 6.07) is 9.28. The molecule has 1 aromatic carbocycles. The number of nitrogens with zero attached hydrogens (tertiary/aromatic N) is 3. The van der Waals surface area contributed by atoms with Crippen LogP contribution < -0.4 is 0 Å². The summed E-state index contributed by atoms with van der Waals surface area (Å²) in [6.07, 6.45) is 6.35. The number of pyridine rings is 1. The van der Waals surface area contributed by atoms with Crippen LogP contribution in [0, 0.1) is 0 Å². The van der Waals surface area contributed by atoms with Crippen LogP contribution in [0.15, 0.2) is 42.7 Å². The van der Waals surface area contributed by atoms with Gasteiger partial charge in [0.05, 0.1) is 22.5 Å². The summed E-state index contributed by atoms with van der Waals surface area (Å²) in [4.78, 5) is 21.4. The average molecular weight is 392 g/mol. The van der Waals surface area contributed by atoms with E-state index in [1.54, 1.807) is 18.3 Å². The quantitative estimate of drug-likeness (QED) is 0.739. The van der Waals surface area contributed by atoms with Crippen molar-refractivity contribution >= 4 is 29.1 Å². The van der Waals surface area contributed by atoms with Crippen LogP contribution in [0.4, 0.5) is 0 Å². The lowest BCUT2D eigenvalue weighted by Gasteiger charge is -2.32. The number of hydrogen-bond acceptors (Lipinski definition) is 3. The highest BCUT2D eigenvalue weighted by Crippen LogP contribution is 2.25. The molecule has 0 saturated carbocycles. The summed E-state index contributed by atoms with van der Waals surface area (Å²) in [6.45, 7) is 3.01. The molecule has 6 heteroatoms. The summed E-state index contributed by atoms with van der Waals surface area (Å²) in [5.41, 5.74) is 1.92. The van der Waals surface area contributed by atoms with E-state index in [2.05, 4.69) is 9.88 Å². The Kier molecular flexibility index (Phi) is 6.52. The molecule has 1 fully saturated rings. The topological polar surface area (TPSA) is 36.4 Å². The molecule has 1 amide bonds. The molecule has 1 atom stereocenters. The maximum atomic E-state index is 12.9. The molecule has 26 heavy (non-hydrogen) atoms. The minimum Gasteiger partial charge on any atom is -0.337 e. The number of likely N-dealkylation sites (N-methyl/N-ethyl adjacent to an activating group) is 1. The normalized spacial score (nSPS) is 15.8. The second kappa shape index (κ2) is 8.85. The average Bonchev–Trinajstić information content (AvgIpc) is 3.16. The zero-order valence-electron chi connectivity index (χ0n) is 14.9. The Morgan fingerprint density at radius 1 is 1.23 bits per heavy atom. The molecule has 1 saturated heterocycles. The van der Waals surface area contributed by atoms with Gasteiger partial charge in [-0.3, -0.25) is 9.78 Å². The third-order valence-corrected chi connectivity index (χ3v) is 5.64. The van der Waals surface area contributed by atoms with Crippen LogP contribution in [0.2, 0.25) is 10.0 Å². The molecule has 138 valence electrons. The van der Waals surface area contributed by atoms with Crippen LogP contribution in [-0.2, 0) is 11.2 Å². The van der Waals surface area contributed by atoms with E-state index < -0.39 is 0 Å². The molecule has 1 aliphatic rings. The first-order valence-corrected chi connectivity index (χ1v) is 9.62. The lowest BCUT2D eigenvalue weighted by Crippen LogP contribution is -2.39. The number of rotatable bonds is 6. The van der Waals surface area contributed by atoms with Gasteiger partial charge in [-0.15, -0.1) is 0 Å². The second-order valence-electron chi connectivity index (χ2n) is 6.74. The van der Waals surface area contributed by atoms with E-state index in [0.29, 0.717) is 16.5 Å². The van der Waals surface area contributed by atoms with Gasteiger partial charge in [0, 0.05) is 26.0 Å². The Balaban J connectivity index is 1.75. The minimum atomic E-state index is -0.0166. The van der Waals surface area contributed by atoms with Crippen LogP contribution in [0.1, 0.15) is 30.0 Å². The zero-order chi connectivity index (χ0) is 18.5. The Hall–Kier alpha value is -1.62. The molecular weight excluding hydrogens is 369 g/mol. The number of carbonyl (C=O) groups excluding carboxylic acids is 1. The Bertz CT molecular complexity index is 748. The molecule has 0 N–H and O–H groups in total. The van der Waals surface area contributed by atoms with Crippen LogP contribution in [-0.4, -0.2) is 47.4 Å². The van der Waals surface area contributed by atoms with Gasteiger partial charge in [0.25, 0.3) is 0 Å². The molecule has 1 unspecified atom stereocenters. The standard InChI is InChI=1S/C20H23Cl2N3O/c1-24(20(26)12-15-6-7-17(21)18(22)11-15)19(14-25-9-2-3-10-25)16-5-4-8-23-13-16/h4-8,11,13,19H,2-3,9-10,12,14H2,1H3. The third-order valence-electron chi connectivity index (χ3n) is 4.90. The maximum absolute atomic E-state index is 12.9. The van der Waals surface area contributed by atoms with Gasteiger partial charge in [-0.25, -0.2) is 0 Å². The highest BCUT2D eigenvalue weighted by Gasteiger charge is 2.25. The van der Waals surface area contributed by atoms with Gasteiger partial charge in [0.15, 0.2) is 0 Å². The lowest BCUT2D eigenvalue weighted by molar-refractivity contribution is -0.131. The van der Waals surface area contributed by atoms with E-state index in [9.17, 15) is 4.79 Å². The molecule has 0 aliphatic carbocycles. The van der Waals surface area contributed by atoms with Gasteiger partial charge in [0.1, 0.15) is 0 Å². The summed E-state index contributed by atoms with van der Waals surface area (Å²) in [7, 11) is 1.87. The number of aromatic nitrogens is 1. The molecule has 1 aromatic heterocycles. The predicted molar refractivity (Wildman–Crippen MR) is 106 cm³/mol. The predicted octanol–water partition coefficient (Wildman–Crippen LogP) is 4.23. The van der Waals surface area contributed by atoms with Crippen molar-refractivity contribution in [3.05, 3.63) is 63.9 Å². The van der Waals surface area contributed by atoms with Crippen LogP contribution >= 0.6 is 23.2 Å². The fourth-order valence-corrected chi connectivity index (χ4v) is 3.68. The van der Waals surface area contributed by atoms with E-state index in [-0.39, 0.29) is 11.9 Å². The summed E-state index contributed by atoms with van der Waals surface area (Å²) < 4.78 is 0. The molecule has 0 radical (unpaired) electrons. The Morgan fingerprint density at radius 2 is 2.00 bits per heavy atom. The van der Waals surface area contributed by atoms with Gasteiger partial charge >= 0.3 is 0 Å². The van der Waals surface area contributed by atoms with Crippen molar-refractivity contribution in [2.75, 3.05) is 26.7 Å². The number of carbonyl (C=O) groups is 1. The van der Waals surface area contributed by atoms with E-state index in [1.807, 2.05) is 36.3 Å². The molecule has 0 spiro atoms. The van der Waals surface area contributed by atoms with Crippen molar-refractivity contribution in [3.63, 3.8) is 0 Å². The Morgan fingerprint density at radius 3 is 2.65 bits per heavy atom. The molecule has 4 nitrogen and oxygen atoms in total. The monoisotopic (exact) mass is 391 g/mol. The molecule has 1 aliphatic heterocycles. The van der Waals surface area contributed by atoms with Crippen molar-refractivity contribution in [3.8, 4) is 0 Å². The molecular formula is C20H23Cl2N3O. The van der Waals surface area contributed by atoms with E-state index >= 15 is 0 Å². The number of hydrogen-bond donors (Lipinski definition) is 0. The van der Waals surface area contributed by atoms with Gasteiger partial charge < -0.3 is 9.80 Å². The summed E-state index contributed by atoms with van der Waals surface area (Å²) in [5.74, 6) is 0.0523. The van der Waals surface area contributed by atoms with E-state index in [0.717, 1.165) is 30.8 Å². The smallest absolute Gasteiger partial charge is 0.227 e. The van der Waals surface area contributed by atoms with Crippen molar-refractivity contribution in [1.82, 2.24) is 14.8 Å². The van der Waals surface area contributed by atoms with Crippen molar-refractivity contribution in [2.45, 2.75) is 25.3 Å². The van der Waals surface area contributed by atoms with Crippen molar-refractivity contribution in [1.29, 1.82) is 0 Å². The second-order valence-corrected chi connectivity index (χ2v) is 7.55. The fraction of sp³-hybridized carbons (Fsp3) is 0.400. The van der Waals surface area contributed by atoms with Crippen molar-refractivity contribution < 1.29 is 4.79 Å². The van der Waals surface area contributed by atoms with Crippen LogP contribution in [0.3, 0.4) is 0 Å². The summed E-state index contributed by atoms with van der Waals surface area (Å²) >= 11 is 12.0. The van der Waals surface area contributed by atoms with Crippen LogP contribution in [0.25, 0.3) is 0 Å². The van der Waals surface area contributed by atoms with Gasteiger partial charge in [0.2, 0.25) is 5.91 Å². The molecule has 2 heterocycles. The van der Waals surface area contributed by atoms with E-state index in [1.165, 1.54) is 12.8 Å². The number of benzene rings is 1. The highest BCUT2D eigenvalue weighted by molar-refractivity contribution is 6.42. The van der Waals surface area contributed by atoms with E-state index in [4.69, 9.17) is 23.2 Å². The lowest BCUT2D eigenvalue weighted by atomic mass is 10.1. The SMILES string of the molecule is CN(C(=O)Cc1ccc(Cl)c(Cl)c1)C(CN1CCCC1)c1cccnc1. The zero-order valence-corrected chi connectivity index (χ0v) is 16.4. The maximum Gasteiger partial charge on any atom is 0.227 e. The largest absolute Gasteiger partial charge is 0.337 e. The summed E-state index contributed by atoms with van der Waals surface area (Å²) in [5, 5.41) is 0.971. The number of amides is 1. The van der Waals surface area contributed by atoms with Gasteiger partial charge in [-0.1, -0.05) is 35.3 Å². The minimum absolute atomic E-state index is 0.0166. The third kappa shape index (κ3) is 4.76.